The van der Waals surface area contributed by atoms with Crippen LogP contribution in [0.4, 0.5) is 0 Å². The summed E-state index contributed by atoms with van der Waals surface area (Å²) in [6, 6.07) is 5.79. The second-order valence-electron chi connectivity index (χ2n) is 6.16. The minimum atomic E-state index is 0.0618. The Morgan fingerprint density at radius 1 is 1.44 bits per heavy atom. The van der Waals surface area contributed by atoms with Crippen LogP contribution in [0.1, 0.15) is 24.7 Å². The van der Waals surface area contributed by atoms with Crippen molar-refractivity contribution >= 4 is 16.9 Å². The lowest BCUT2D eigenvalue weighted by Crippen LogP contribution is -2.41. The molecule has 0 spiro atoms. The zero-order chi connectivity index (χ0) is 17.2. The molecule has 1 aliphatic rings. The van der Waals surface area contributed by atoms with E-state index in [-0.39, 0.29) is 11.8 Å². The van der Waals surface area contributed by atoms with Gasteiger partial charge in [-0.05, 0) is 24.6 Å². The predicted octanol–water partition coefficient (Wildman–Crippen LogP) is 1.97. The molecule has 3 aromatic rings. The van der Waals surface area contributed by atoms with E-state index >= 15 is 0 Å². The number of aromatic amines is 1. The van der Waals surface area contributed by atoms with Crippen LogP contribution in [0.25, 0.3) is 22.4 Å². The van der Waals surface area contributed by atoms with Crippen LogP contribution >= 0.6 is 0 Å². The van der Waals surface area contributed by atoms with Gasteiger partial charge < -0.3 is 19.1 Å². The minimum Gasteiger partial charge on any atom is -0.383 e. The molecule has 0 radical (unpaired) electrons. The smallest absolute Gasteiger partial charge is 0.231 e. The summed E-state index contributed by atoms with van der Waals surface area (Å²) in [7, 11) is 1.63. The number of rotatable bonds is 5. The number of hydrogen-bond acceptors (Lipinski definition) is 6. The second-order valence-corrected chi connectivity index (χ2v) is 6.16. The molecule has 1 aromatic carbocycles. The molecule has 1 saturated heterocycles. The highest BCUT2D eigenvalue weighted by Crippen LogP contribution is 2.28. The maximum atomic E-state index is 12.0. The van der Waals surface area contributed by atoms with Crippen LogP contribution in [0, 0.1) is 0 Å². The lowest BCUT2D eigenvalue weighted by Gasteiger charge is -2.30. The summed E-state index contributed by atoms with van der Waals surface area (Å²) >= 11 is 0. The number of carbonyl (C=O) groups excluding carboxylic acids is 1. The van der Waals surface area contributed by atoms with E-state index < -0.39 is 0 Å². The van der Waals surface area contributed by atoms with Crippen molar-refractivity contribution in [2.75, 3.05) is 26.8 Å². The maximum Gasteiger partial charge on any atom is 0.231 e. The van der Waals surface area contributed by atoms with E-state index in [0.29, 0.717) is 37.8 Å². The number of nitrogens with one attached hydrogen (secondary N) is 1. The zero-order valence-corrected chi connectivity index (χ0v) is 13.9. The number of likely N-dealkylation sites (tertiary alicyclic amines) is 1. The Kier molecular flexibility index (Phi) is 4.19. The number of piperidine rings is 1. The summed E-state index contributed by atoms with van der Waals surface area (Å²) in [6.07, 6.45) is 2.87. The van der Waals surface area contributed by atoms with Crippen LogP contribution < -0.4 is 0 Å². The molecule has 1 atom stereocenters. The van der Waals surface area contributed by atoms with E-state index in [1.165, 1.54) is 0 Å². The summed E-state index contributed by atoms with van der Waals surface area (Å²) in [5, 5.41) is 4.11. The van der Waals surface area contributed by atoms with Crippen LogP contribution in [-0.2, 0) is 9.53 Å². The SMILES string of the molecule is COCCN1C[C@@H](c2nc(-c3ccc4nc[nH]c4c3)no2)CCC1=O. The average Bonchev–Trinajstić information content (AvgIpc) is 3.29. The largest absolute Gasteiger partial charge is 0.383 e. The molecular formula is C17H19N5O3. The number of methoxy groups -OCH3 is 1. The van der Waals surface area contributed by atoms with Crippen molar-refractivity contribution in [3.05, 3.63) is 30.4 Å². The van der Waals surface area contributed by atoms with Crippen molar-refractivity contribution in [3.8, 4) is 11.4 Å². The fraction of sp³-hybridized carbons (Fsp3) is 0.412. The topological polar surface area (TPSA) is 97.1 Å². The number of benzene rings is 1. The molecule has 4 rings (SSSR count). The molecule has 0 aliphatic carbocycles. The first-order valence-corrected chi connectivity index (χ1v) is 8.28. The third-order valence-corrected chi connectivity index (χ3v) is 4.53. The number of ether oxygens (including phenoxy) is 1. The number of fused-ring (bicyclic) bond motifs is 1. The van der Waals surface area contributed by atoms with Crippen molar-refractivity contribution in [2.45, 2.75) is 18.8 Å². The van der Waals surface area contributed by atoms with Gasteiger partial charge in [-0.1, -0.05) is 5.16 Å². The van der Waals surface area contributed by atoms with Crippen LogP contribution in [-0.4, -0.2) is 57.7 Å². The van der Waals surface area contributed by atoms with Gasteiger partial charge in [0.2, 0.25) is 17.6 Å². The quantitative estimate of drug-likeness (QED) is 0.762. The van der Waals surface area contributed by atoms with Gasteiger partial charge in [0.15, 0.2) is 0 Å². The highest BCUT2D eigenvalue weighted by Gasteiger charge is 2.30. The van der Waals surface area contributed by atoms with Crippen LogP contribution in [0.5, 0.6) is 0 Å². The number of imidazole rings is 1. The van der Waals surface area contributed by atoms with E-state index in [1.54, 1.807) is 18.3 Å². The molecule has 0 saturated carbocycles. The summed E-state index contributed by atoms with van der Waals surface area (Å²) in [4.78, 5) is 25.6. The molecule has 1 N–H and O–H groups in total. The molecule has 3 heterocycles. The average molecular weight is 341 g/mol. The third-order valence-electron chi connectivity index (χ3n) is 4.53. The number of H-pyrrole nitrogens is 1. The molecule has 25 heavy (non-hydrogen) atoms. The molecular weight excluding hydrogens is 322 g/mol. The molecule has 8 heteroatoms. The zero-order valence-electron chi connectivity index (χ0n) is 13.9. The Hall–Kier alpha value is -2.74. The van der Waals surface area contributed by atoms with E-state index in [0.717, 1.165) is 23.0 Å². The van der Waals surface area contributed by atoms with Gasteiger partial charge in [0, 0.05) is 32.2 Å². The Labute approximate surface area is 144 Å². The molecule has 1 aliphatic heterocycles. The van der Waals surface area contributed by atoms with Crippen LogP contribution in [0.3, 0.4) is 0 Å². The van der Waals surface area contributed by atoms with E-state index in [4.69, 9.17) is 9.26 Å². The van der Waals surface area contributed by atoms with Crippen LogP contribution in [0.15, 0.2) is 29.0 Å². The third kappa shape index (κ3) is 3.12. The predicted molar refractivity (Wildman–Crippen MR) is 89.8 cm³/mol. The highest BCUT2D eigenvalue weighted by molar-refractivity contribution is 5.80. The number of amides is 1. The summed E-state index contributed by atoms with van der Waals surface area (Å²) in [5.41, 5.74) is 2.69. The second kappa shape index (κ2) is 6.64. The van der Waals surface area contributed by atoms with Crippen molar-refractivity contribution < 1.29 is 14.1 Å². The molecule has 1 fully saturated rings. The lowest BCUT2D eigenvalue weighted by atomic mass is 9.97. The molecule has 130 valence electrons. The summed E-state index contributed by atoms with van der Waals surface area (Å²) in [5.74, 6) is 1.34. The van der Waals surface area contributed by atoms with Gasteiger partial charge in [-0.15, -0.1) is 0 Å². The van der Waals surface area contributed by atoms with Gasteiger partial charge in [0.25, 0.3) is 0 Å². The fourth-order valence-corrected chi connectivity index (χ4v) is 3.13. The minimum absolute atomic E-state index is 0.0618. The number of nitrogens with zero attached hydrogens (tertiary/aromatic N) is 4. The van der Waals surface area contributed by atoms with Gasteiger partial charge in [-0.3, -0.25) is 4.79 Å². The van der Waals surface area contributed by atoms with Crippen LogP contribution in [0.2, 0.25) is 0 Å². The van der Waals surface area contributed by atoms with E-state index in [2.05, 4.69) is 20.1 Å². The van der Waals surface area contributed by atoms with E-state index in [1.807, 2.05) is 18.2 Å². The first kappa shape index (κ1) is 15.8. The number of hydrogen-bond donors (Lipinski definition) is 1. The van der Waals surface area contributed by atoms with Crippen molar-refractivity contribution in [1.29, 1.82) is 0 Å². The fourth-order valence-electron chi connectivity index (χ4n) is 3.13. The molecule has 1 amide bonds. The summed E-state index contributed by atoms with van der Waals surface area (Å²) in [6.45, 7) is 1.70. The van der Waals surface area contributed by atoms with Gasteiger partial charge in [0.05, 0.1) is 29.9 Å². The first-order chi connectivity index (χ1) is 12.2. The molecule has 2 aromatic heterocycles. The lowest BCUT2D eigenvalue weighted by molar-refractivity contribution is -0.134. The van der Waals surface area contributed by atoms with Gasteiger partial charge in [-0.2, -0.15) is 4.98 Å². The van der Waals surface area contributed by atoms with Gasteiger partial charge >= 0.3 is 0 Å². The van der Waals surface area contributed by atoms with E-state index in [9.17, 15) is 4.79 Å². The van der Waals surface area contributed by atoms with Crippen molar-refractivity contribution in [3.63, 3.8) is 0 Å². The first-order valence-electron chi connectivity index (χ1n) is 8.28. The highest BCUT2D eigenvalue weighted by atomic mass is 16.5. The summed E-state index contributed by atoms with van der Waals surface area (Å²) < 4.78 is 10.6. The Morgan fingerprint density at radius 2 is 2.36 bits per heavy atom. The molecule has 0 bridgehead atoms. The van der Waals surface area contributed by atoms with Gasteiger partial charge in [-0.25, -0.2) is 4.98 Å². The number of carbonyl (C=O) groups is 1. The van der Waals surface area contributed by atoms with Crippen molar-refractivity contribution in [1.82, 2.24) is 25.0 Å². The monoisotopic (exact) mass is 341 g/mol. The Balaban J connectivity index is 1.53. The standard InChI is InChI=1S/C17H19N5O3/c1-24-7-6-22-9-12(3-5-15(22)23)17-20-16(21-25-17)11-2-4-13-14(8-11)19-10-18-13/h2,4,8,10,12H,3,5-7,9H2,1H3,(H,18,19)/t12-/m0/s1. The van der Waals surface area contributed by atoms with Crippen molar-refractivity contribution in [2.24, 2.45) is 0 Å². The number of aromatic nitrogens is 4. The maximum absolute atomic E-state index is 12.0. The molecule has 8 nitrogen and oxygen atoms in total. The Morgan fingerprint density at radius 3 is 3.24 bits per heavy atom. The molecule has 0 unspecified atom stereocenters. The van der Waals surface area contributed by atoms with Gasteiger partial charge in [0.1, 0.15) is 0 Å². The normalized spacial score (nSPS) is 18.2. The Bertz CT molecular complexity index is 887.